The number of hydrogen-bond acceptors (Lipinski definition) is 3. The van der Waals surface area contributed by atoms with Crippen LogP contribution < -0.4 is 0 Å². The van der Waals surface area contributed by atoms with Gasteiger partial charge in [0.2, 0.25) is 0 Å². The van der Waals surface area contributed by atoms with Gasteiger partial charge in [0.15, 0.2) is 0 Å². The number of aromatic nitrogens is 3. The van der Waals surface area contributed by atoms with E-state index in [2.05, 4.69) is 224 Å². The topological polar surface area (TPSA) is 38.7 Å². The Labute approximate surface area is 403 Å². The maximum atomic E-state index is 5.10. The third-order valence-corrected chi connectivity index (χ3v) is 13.7. The first-order valence-electron chi connectivity index (χ1n) is 21.3. The van der Waals surface area contributed by atoms with E-state index in [1.54, 1.807) is 0 Å². The molecule has 0 atom stereocenters. The lowest BCUT2D eigenvalue weighted by atomic mass is 9.86. The number of rotatable bonds is 8. The normalized spacial score (nSPS) is 11.3. The van der Waals surface area contributed by atoms with Crippen LogP contribution in [0.3, 0.4) is 0 Å². The van der Waals surface area contributed by atoms with Crippen molar-refractivity contribution in [3.05, 3.63) is 232 Å². The zero-order valence-corrected chi connectivity index (χ0v) is 39.5. The zero-order chi connectivity index (χ0) is 43.9. The number of nitrogens with zero attached hydrogens (tertiary/aromatic N) is 3. The van der Waals surface area contributed by atoms with Crippen molar-refractivity contribution >= 4 is 69.5 Å². The first-order valence-corrected chi connectivity index (χ1v) is 23.7. The van der Waals surface area contributed by atoms with E-state index >= 15 is 0 Å². The van der Waals surface area contributed by atoms with Crippen molar-refractivity contribution < 1.29 is 0 Å². The largest absolute Gasteiger partial charge is 0.256 e. The molecule has 0 unspecified atom stereocenters. The van der Waals surface area contributed by atoms with Gasteiger partial charge in [-0.2, -0.15) is 0 Å². The van der Waals surface area contributed by atoms with Crippen LogP contribution in [0.15, 0.2) is 232 Å². The SMILES string of the molecule is Brc1cccc(-c2ccc(-c3ccccc3-c3cc(-c4ccccc4-c4ccc(-c5cccc(Br)c5)nc4)cc(-c4ccccc4-c4cnc5c(ccc6c(Br)cccc65)c4)c3)cn2)c1. The van der Waals surface area contributed by atoms with Crippen molar-refractivity contribution in [2.24, 2.45) is 0 Å². The summed E-state index contributed by atoms with van der Waals surface area (Å²) in [4.78, 5) is 15.0. The highest BCUT2D eigenvalue weighted by atomic mass is 79.9. The van der Waals surface area contributed by atoms with Gasteiger partial charge in [-0.3, -0.25) is 15.0 Å². The van der Waals surface area contributed by atoms with Gasteiger partial charge in [-0.1, -0.05) is 181 Å². The second kappa shape index (κ2) is 17.6. The first-order chi connectivity index (χ1) is 31.9. The molecule has 0 saturated carbocycles. The molecule has 11 aromatic rings. The van der Waals surface area contributed by atoms with E-state index in [9.17, 15) is 0 Å². The molecule has 8 aromatic carbocycles. The molecule has 6 heteroatoms. The third-order valence-electron chi connectivity index (χ3n) is 12.0. The van der Waals surface area contributed by atoms with Gasteiger partial charge >= 0.3 is 0 Å². The van der Waals surface area contributed by atoms with Crippen LogP contribution in [0.4, 0.5) is 0 Å². The summed E-state index contributed by atoms with van der Waals surface area (Å²) in [5, 5.41) is 3.37. The molecule has 0 aliphatic carbocycles. The molecule has 308 valence electrons. The van der Waals surface area contributed by atoms with Crippen molar-refractivity contribution in [1.82, 2.24) is 15.0 Å². The average Bonchev–Trinajstić information content (AvgIpc) is 3.36. The molecule has 3 heterocycles. The quantitative estimate of drug-likeness (QED) is 0.142. The highest BCUT2D eigenvalue weighted by Gasteiger charge is 2.18. The fourth-order valence-electron chi connectivity index (χ4n) is 8.86. The Bertz CT molecular complexity index is 3430. The minimum atomic E-state index is 0.924. The molecule has 0 bridgehead atoms. The summed E-state index contributed by atoms with van der Waals surface area (Å²) in [5.41, 5.74) is 18.1. The van der Waals surface area contributed by atoms with Crippen molar-refractivity contribution in [3.63, 3.8) is 0 Å². The van der Waals surface area contributed by atoms with Gasteiger partial charge in [0.1, 0.15) is 0 Å². The Kier molecular flexibility index (Phi) is 11.1. The van der Waals surface area contributed by atoms with Gasteiger partial charge in [-0.05, 0) is 122 Å². The molecule has 65 heavy (non-hydrogen) atoms. The van der Waals surface area contributed by atoms with Crippen LogP contribution >= 0.6 is 47.8 Å². The molecular weight excluding hydrogens is 990 g/mol. The lowest BCUT2D eigenvalue weighted by Gasteiger charge is -2.18. The molecule has 0 spiro atoms. The Hall–Kier alpha value is -6.83. The van der Waals surface area contributed by atoms with E-state index in [0.717, 1.165) is 124 Å². The lowest BCUT2D eigenvalue weighted by molar-refractivity contribution is 1.32. The van der Waals surface area contributed by atoms with Gasteiger partial charge in [-0.15, -0.1) is 0 Å². The maximum Gasteiger partial charge on any atom is 0.0781 e. The van der Waals surface area contributed by atoms with Gasteiger partial charge in [-0.25, -0.2) is 0 Å². The molecule has 3 aromatic heterocycles. The molecule has 0 saturated heterocycles. The minimum Gasteiger partial charge on any atom is -0.256 e. The highest BCUT2D eigenvalue weighted by Crippen LogP contribution is 2.43. The summed E-state index contributed by atoms with van der Waals surface area (Å²) < 4.78 is 3.12. The van der Waals surface area contributed by atoms with Gasteiger partial charge < -0.3 is 0 Å². The maximum absolute atomic E-state index is 5.10. The Balaban J connectivity index is 1.07. The average molecular weight is 1030 g/mol. The second-order valence-electron chi connectivity index (χ2n) is 16.0. The molecule has 0 amide bonds. The van der Waals surface area contributed by atoms with Crippen molar-refractivity contribution in [2.75, 3.05) is 0 Å². The van der Waals surface area contributed by atoms with E-state index in [-0.39, 0.29) is 0 Å². The molecule has 0 aliphatic rings. The second-order valence-corrected chi connectivity index (χ2v) is 18.7. The van der Waals surface area contributed by atoms with Crippen molar-refractivity contribution in [1.29, 1.82) is 0 Å². The summed E-state index contributed by atoms with van der Waals surface area (Å²) >= 11 is 11.0. The highest BCUT2D eigenvalue weighted by molar-refractivity contribution is 9.11. The van der Waals surface area contributed by atoms with Crippen LogP contribution in [0.2, 0.25) is 0 Å². The minimum absolute atomic E-state index is 0.924. The smallest absolute Gasteiger partial charge is 0.0781 e. The molecular formula is C59H36Br3N3. The van der Waals surface area contributed by atoms with Crippen LogP contribution in [-0.4, -0.2) is 15.0 Å². The van der Waals surface area contributed by atoms with Crippen molar-refractivity contribution in [2.45, 2.75) is 0 Å². The van der Waals surface area contributed by atoms with E-state index in [4.69, 9.17) is 15.0 Å². The van der Waals surface area contributed by atoms with Gasteiger partial charge in [0, 0.05) is 70.6 Å². The molecule has 0 fully saturated rings. The predicted molar refractivity (Wildman–Crippen MR) is 281 cm³/mol. The number of benzene rings is 8. The van der Waals surface area contributed by atoms with Crippen LogP contribution in [0.5, 0.6) is 0 Å². The molecule has 3 nitrogen and oxygen atoms in total. The fourth-order valence-corrected chi connectivity index (χ4v) is 10.2. The zero-order valence-electron chi connectivity index (χ0n) is 34.8. The summed E-state index contributed by atoms with van der Waals surface area (Å²) in [6, 6.07) is 71.0. The first kappa shape index (κ1) is 40.9. The van der Waals surface area contributed by atoms with Crippen LogP contribution in [0.1, 0.15) is 0 Å². The van der Waals surface area contributed by atoms with Gasteiger partial charge in [0.25, 0.3) is 0 Å². The molecule has 11 rings (SSSR count). The Morgan fingerprint density at radius 1 is 0.277 bits per heavy atom. The van der Waals surface area contributed by atoms with E-state index in [1.807, 2.05) is 42.9 Å². The predicted octanol–water partition coefficient (Wildman–Crippen LogP) is 17.8. The fraction of sp³-hybridized carbons (Fsp3) is 0. The number of halogens is 3. The van der Waals surface area contributed by atoms with E-state index < -0.39 is 0 Å². The Morgan fingerprint density at radius 2 is 0.723 bits per heavy atom. The van der Waals surface area contributed by atoms with E-state index in [0.29, 0.717) is 0 Å². The summed E-state index contributed by atoms with van der Waals surface area (Å²) in [6.07, 6.45) is 6.00. The summed E-state index contributed by atoms with van der Waals surface area (Å²) in [6.45, 7) is 0. The number of hydrogen-bond donors (Lipinski definition) is 0. The lowest BCUT2D eigenvalue weighted by Crippen LogP contribution is -1.93. The summed E-state index contributed by atoms with van der Waals surface area (Å²) in [7, 11) is 0. The summed E-state index contributed by atoms with van der Waals surface area (Å²) in [5.74, 6) is 0. The number of pyridine rings is 3. The van der Waals surface area contributed by atoms with Crippen LogP contribution in [0, 0.1) is 0 Å². The standard InChI is InChI=1S/C59H36Br3N3/c60-46-12-7-10-37(32-46)57-26-23-40(34-63-57)48-14-1-3-16-50(48)42-29-43(51-17-4-2-15-49(51)41-24-27-58(64-35-41)38-11-8-13-47(61)33-38)31-44(30-42)52-18-5-6-19-53(52)45-28-39-22-25-54-55(59(39)65-36-45)20-9-21-56(54)62/h1-36H. The molecule has 0 N–H and O–H groups in total. The Morgan fingerprint density at radius 3 is 1.18 bits per heavy atom. The third kappa shape index (κ3) is 8.14. The number of fused-ring (bicyclic) bond motifs is 3. The molecule has 0 aliphatic heterocycles. The molecule has 0 radical (unpaired) electrons. The van der Waals surface area contributed by atoms with E-state index in [1.165, 1.54) is 0 Å². The van der Waals surface area contributed by atoms with Gasteiger partial charge in [0.05, 0.1) is 16.9 Å². The van der Waals surface area contributed by atoms with Crippen molar-refractivity contribution in [3.8, 4) is 89.3 Å². The van der Waals surface area contributed by atoms with Crippen LogP contribution in [0.25, 0.3) is 111 Å². The van der Waals surface area contributed by atoms with Crippen LogP contribution in [-0.2, 0) is 0 Å². The monoisotopic (exact) mass is 1020 g/mol.